The predicted molar refractivity (Wildman–Crippen MR) is 77.7 cm³/mol. The van der Waals surface area contributed by atoms with E-state index in [0.717, 1.165) is 21.9 Å². The van der Waals surface area contributed by atoms with Gasteiger partial charge in [-0.3, -0.25) is 0 Å². The molecular weight excluding hydrogens is 236 g/mol. The van der Waals surface area contributed by atoms with Crippen LogP contribution in [-0.4, -0.2) is 10.2 Å². The third-order valence-corrected chi connectivity index (χ3v) is 4.02. The normalized spacial score (nSPS) is 17.9. The first kappa shape index (κ1) is 12.1. The molecule has 1 aliphatic rings. The van der Waals surface area contributed by atoms with E-state index in [9.17, 15) is 10.2 Å². The van der Waals surface area contributed by atoms with E-state index in [-0.39, 0.29) is 5.92 Å². The van der Waals surface area contributed by atoms with Crippen LogP contribution >= 0.6 is 0 Å². The molecule has 0 aliphatic heterocycles. The van der Waals surface area contributed by atoms with Crippen molar-refractivity contribution in [3.8, 4) is 11.5 Å². The van der Waals surface area contributed by atoms with E-state index in [2.05, 4.69) is 26.0 Å². The zero-order valence-corrected chi connectivity index (χ0v) is 11.2. The fourth-order valence-corrected chi connectivity index (χ4v) is 3.02. The van der Waals surface area contributed by atoms with E-state index in [1.165, 1.54) is 0 Å². The number of aromatic hydroxyl groups is 2. The van der Waals surface area contributed by atoms with Crippen LogP contribution in [0.5, 0.6) is 11.5 Å². The van der Waals surface area contributed by atoms with Crippen molar-refractivity contribution in [2.24, 2.45) is 5.92 Å². The maximum atomic E-state index is 10.6. The Labute approximate surface area is 113 Å². The van der Waals surface area contributed by atoms with Crippen molar-refractivity contribution in [3.63, 3.8) is 0 Å². The molecule has 2 aromatic rings. The van der Waals surface area contributed by atoms with Gasteiger partial charge in [-0.05, 0) is 12.3 Å². The van der Waals surface area contributed by atoms with Gasteiger partial charge in [0, 0.05) is 27.8 Å². The molecule has 0 saturated carbocycles. The SMILES string of the molecule is CC(C)C1C=CCc2c1c(O)c1ccccc1c2O. The van der Waals surface area contributed by atoms with Gasteiger partial charge >= 0.3 is 0 Å². The minimum Gasteiger partial charge on any atom is -0.507 e. The first-order chi connectivity index (χ1) is 9.11. The number of allylic oxidation sites excluding steroid dienone is 2. The molecule has 2 aromatic carbocycles. The van der Waals surface area contributed by atoms with Crippen molar-refractivity contribution in [1.82, 2.24) is 0 Å². The number of phenols is 2. The molecule has 0 spiro atoms. The summed E-state index contributed by atoms with van der Waals surface area (Å²) in [7, 11) is 0. The summed E-state index contributed by atoms with van der Waals surface area (Å²) in [5.74, 6) is 1.20. The highest BCUT2D eigenvalue weighted by Gasteiger charge is 2.27. The molecule has 0 fully saturated rings. The molecule has 1 atom stereocenters. The summed E-state index contributed by atoms with van der Waals surface area (Å²) in [6.45, 7) is 4.27. The molecule has 19 heavy (non-hydrogen) atoms. The van der Waals surface area contributed by atoms with E-state index in [0.29, 0.717) is 23.8 Å². The molecule has 2 nitrogen and oxygen atoms in total. The average molecular weight is 254 g/mol. The number of hydrogen-bond donors (Lipinski definition) is 2. The van der Waals surface area contributed by atoms with E-state index < -0.39 is 0 Å². The Balaban J connectivity index is 2.39. The largest absolute Gasteiger partial charge is 0.507 e. The van der Waals surface area contributed by atoms with Gasteiger partial charge in [0.1, 0.15) is 11.5 Å². The van der Waals surface area contributed by atoms with Crippen molar-refractivity contribution < 1.29 is 10.2 Å². The Morgan fingerprint density at radius 3 is 2.32 bits per heavy atom. The second-order valence-corrected chi connectivity index (χ2v) is 5.54. The highest BCUT2D eigenvalue weighted by atomic mass is 16.3. The van der Waals surface area contributed by atoms with E-state index in [1.807, 2.05) is 24.3 Å². The molecule has 0 bridgehead atoms. The molecule has 2 heteroatoms. The zero-order chi connectivity index (χ0) is 13.6. The van der Waals surface area contributed by atoms with Crippen LogP contribution in [0.1, 0.15) is 30.9 Å². The number of fused-ring (bicyclic) bond motifs is 2. The summed E-state index contributed by atoms with van der Waals surface area (Å²) >= 11 is 0. The van der Waals surface area contributed by atoms with Gasteiger partial charge in [0.15, 0.2) is 0 Å². The van der Waals surface area contributed by atoms with Crippen LogP contribution in [0.3, 0.4) is 0 Å². The van der Waals surface area contributed by atoms with Crippen molar-refractivity contribution in [1.29, 1.82) is 0 Å². The number of benzene rings is 2. The minimum absolute atomic E-state index is 0.166. The molecule has 1 aliphatic carbocycles. The quantitative estimate of drug-likeness (QED) is 0.594. The van der Waals surface area contributed by atoms with Gasteiger partial charge in [-0.2, -0.15) is 0 Å². The zero-order valence-electron chi connectivity index (χ0n) is 11.2. The Morgan fingerprint density at radius 2 is 1.68 bits per heavy atom. The average Bonchev–Trinajstić information content (AvgIpc) is 2.44. The second-order valence-electron chi connectivity index (χ2n) is 5.54. The fraction of sp³-hybridized carbons (Fsp3) is 0.294. The van der Waals surface area contributed by atoms with Gasteiger partial charge in [0.2, 0.25) is 0 Å². The summed E-state index contributed by atoms with van der Waals surface area (Å²) < 4.78 is 0. The number of rotatable bonds is 1. The van der Waals surface area contributed by atoms with Crippen LogP contribution in [0.4, 0.5) is 0 Å². The van der Waals surface area contributed by atoms with Crippen LogP contribution in [0, 0.1) is 5.92 Å². The third-order valence-electron chi connectivity index (χ3n) is 4.02. The lowest BCUT2D eigenvalue weighted by Gasteiger charge is -2.27. The first-order valence-corrected chi connectivity index (χ1v) is 6.73. The molecule has 0 aromatic heterocycles. The predicted octanol–water partition coefficient (Wildman–Crippen LogP) is 4.10. The van der Waals surface area contributed by atoms with Crippen LogP contribution in [0.15, 0.2) is 36.4 Å². The molecule has 98 valence electrons. The lowest BCUT2D eigenvalue weighted by atomic mass is 9.79. The molecule has 2 N–H and O–H groups in total. The van der Waals surface area contributed by atoms with Gasteiger partial charge in [-0.25, -0.2) is 0 Å². The van der Waals surface area contributed by atoms with Gasteiger partial charge in [0.25, 0.3) is 0 Å². The van der Waals surface area contributed by atoms with E-state index in [4.69, 9.17) is 0 Å². The van der Waals surface area contributed by atoms with Crippen LogP contribution in [0.2, 0.25) is 0 Å². The van der Waals surface area contributed by atoms with Gasteiger partial charge in [0.05, 0.1) is 0 Å². The number of phenolic OH excluding ortho intramolecular Hbond substituents is 2. The van der Waals surface area contributed by atoms with Crippen molar-refractivity contribution in [2.45, 2.75) is 26.2 Å². The van der Waals surface area contributed by atoms with Crippen LogP contribution in [-0.2, 0) is 6.42 Å². The molecule has 0 amide bonds. The molecule has 3 rings (SSSR count). The Bertz CT molecular complexity index is 669. The summed E-state index contributed by atoms with van der Waals surface area (Å²) in [5.41, 5.74) is 1.77. The summed E-state index contributed by atoms with van der Waals surface area (Å²) in [6.07, 6.45) is 4.91. The van der Waals surface area contributed by atoms with Gasteiger partial charge < -0.3 is 10.2 Å². The molecule has 1 unspecified atom stereocenters. The number of hydrogen-bond acceptors (Lipinski definition) is 2. The minimum atomic E-state index is 0.166. The Morgan fingerprint density at radius 1 is 1.05 bits per heavy atom. The van der Waals surface area contributed by atoms with Crippen molar-refractivity contribution >= 4 is 10.8 Å². The lowest BCUT2D eigenvalue weighted by molar-refractivity contribution is 0.444. The highest BCUT2D eigenvalue weighted by molar-refractivity contribution is 5.96. The molecule has 0 saturated heterocycles. The second kappa shape index (κ2) is 4.30. The topological polar surface area (TPSA) is 40.5 Å². The third kappa shape index (κ3) is 1.71. The highest BCUT2D eigenvalue weighted by Crippen LogP contribution is 2.47. The molecule has 0 heterocycles. The van der Waals surface area contributed by atoms with E-state index >= 15 is 0 Å². The first-order valence-electron chi connectivity index (χ1n) is 6.73. The lowest BCUT2D eigenvalue weighted by Crippen LogP contribution is -2.11. The molecule has 0 radical (unpaired) electrons. The monoisotopic (exact) mass is 254 g/mol. The fourth-order valence-electron chi connectivity index (χ4n) is 3.02. The summed E-state index contributed by atoms with van der Waals surface area (Å²) in [5, 5.41) is 22.5. The van der Waals surface area contributed by atoms with Crippen LogP contribution < -0.4 is 0 Å². The Kier molecular flexibility index (Phi) is 2.74. The smallest absolute Gasteiger partial charge is 0.127 e. The van der Waals surface area contributed by atoms with Crippen LogP contribution in [0.25, 0.3) is 10.8 Å². The summed E-state index contributed by atoms with van der Waals surface area (Å²) in [6, 6.07) is 7.48. The van der Waals surface area contributed by atoms with Crippen molar-refractivity contribution in [3.05, 3.63) is 47.5 Å². The summed E-state index contributed by atoms with van der Waals surface area (Å²) in [4.78, 5) is 0. The maximum absolute atomic E-state index is 10.6. The maximum Gasteiger partial charge on any atom is 0.127 e. The standard InChI is InChI=1S/C17H18O2/c1-10(2)11-8-5-9-14-15(11)17(19)13-7-4-3-6-12(13)16(14)18/h3-8,10-11,18-19H,9H2,1-2H3. The van der Waals surface area contributed by atoms with Crippen molar-refractivity contribution in [2.75, 3.05) is 0 Å². The Hall–Kier alpha value is -1.96. The van der Waals surface area contributed by atoms with Gasteiger partial charge in [-0.1, -0.05) is 50.3 Å². The van der Waals surface area contributed by atoms with E-state index in [1.54, 1.807) is 0 Å². The molecular formula is C17H18O2. The van der Waals surface area contributed by atoms with Gasteiger partial charge in [-0.15, -0.1) is 0 Å².